The van der Waals surface area contributed by atoms with E-state index < -0.39 is 0 Å². The molecule has 1 aliphatic rings. The second-order valence-corrected chi connectivity index (χ2v) is 5.95. The highest BCUT2D eigenvalue weighted by Crippen LogP contribution is 2.27. The fourth-order valence-corrected chi connectivity index (χ4v) is 2.99. The number of hydrogen-bond donors (Lipinski definition) is 2. The largest absolute Gasteiger partial charge is 0.350 e. The van der Waals surface area contributed by atoms with Gasteiger partial charge in [0.2, 0.25) is 0 Å². The van der Waals surface area contributed by atoms with Gasteiger partial charge < -0.3 is 5.32 Å². The average Bonchev–Trinajstić information content (AvgIpc) is 2.90. The van der Waals surface area contributed by atoms with Crippen LogP contribution in [0.2, 0.25) is 0 Å². The van der Waals surface area contributed by atoms with Gasteiger partial charge in [-0.3, -0.25) is 9.89 Å². The first-order valence-electron chi connectivity index (χ1n) is 7.45. The Bertz CT molecular complexity index is 597. The number of carbonyl (C=O) groups excluding carboxylic acids is 1. The van der Waals surface area contributed by atoms with Crippen LogP contribution < -0.4 is 5.32 Å². The van der Waals surface area contributed by atoms with Gasteiger partial charge in [-0.1, -0.05) is 38.0 Å². The highest BCUT2D eigenvalue weighted by molar-refractivity contribution is 6.04. The van der Waals surface area contributed by atoms with Gasteiger partial charge in [0, 0.05) is 11.9 Å². The van der Waals surface area contributed by atoms with Gasteiger partial charge in [0.25, 0.3) is 5.91 Å². The Balaban J connectivity index is 1.62. The van der Waals surface area contributed by atoms with Crippen LogP contribution >= 0.6 is 0 Å². The number of fused-ring (bicyclic) bond motifs is 1. The van der Waals surface area contributed by atoms with Crippen molar-refractivity contribution in [1.82, 2.24) is 15.5 Å². The quantitative estimate of drug-likeness (QED) is 0.901. The Labute approximate surface area is 119 Å². The van der Waals surface area contributed by atoms with Gasteiger partial charge in [-0.05, 0) is 30.7 Å². The molecule has 1 fully saturated rings. The summed E-state index contributed by atoms with van der Waals surface area (Å²) in [5, 5.41) is 11.0. The maximum Gasteiger partial charge on any atom is 0.272 e. The van der Waals surface area contributed by atoms with Gasteiger partial charge >= 0.3 is 0 Å². The molecule has 1 heterocycles. The lowest BCUT2D eigenvalue weighted by Gasteiger charge is -2.26. The molecule has 2 aromatic rings. The minimum absolute atomic E-state index is 0.0685. The van der Waals surface area contributed by atoms with Crippen molar-refractivity contribution in [2.75, 3.05) is 6.54 Å². The van der Waals surface area contributed by atoms with Gasteiger partial charge in [0.15, 0.2) is 5.69 Å². The molecule has 4 heteroatoms. The van der Waals surface area contributed by atoms with Crippen molar-refractivity contribution in [3.05, 3.63) is 30.0 Å². The molecule has 0 aliphatic heterocycles. The zero-order chi connectivity index (χ0) is 13.9. The van der Waals surface area contributed by atoms with Crippen LogP contribution in [-0.2, 0) is 0 Å². The summed E-state index contributed by atoms with van der Waals surface area (Å²) in [4.78, 5) is 12.2. The molecule has 0 radical (unpaired) electrons. The summed E-state index contributed by atoms with van der Waals surface area (Å²) in [5.41, 5.74) is 1.41. The Morgan fingerprint density at radius 3 is 2.85 bits per heavy atom. The summed E-state index contributed by atoms with van der Waals surface area (Å²) < 4.78 is 0. The number of rotatable bonds is 3. The first-order chi connectivity index (χ1) is 9.74. The molecule has 106 valence electrons. The summed E-state index contributed by atoms with van der Waals surface area (Å²) >= 11 is 0. The van der Waals surface area contributed by atoms with Gasteiger partial charge in [0.05, 0.1) is 5.52 Å². The summed E-state index contributed by atoms with van der Waals surface area (Å²) in [7, 11) is 0. The predicted molar refractivity (Wildman–Crippen MR) is 79.5 cm³/mol. The number of nitrogens with one attached hydrogen (secondary N) is 2. The molecular formula is C16H21N3O. The first kappa shape index (κ1) is 13.2. The number of amides is 1. The lowest BCUT2D eigenvalue weighted by atomic mass is 9.83. The molecule has 0 bridgehead atoms. The topological polar surface area (TPSA) is 57.8 Å². The molecule has 3 rings (SSSR count). The number of benzene rings is 1. The lowest BCUT2D eigenvalue weighted by Crippen LogP contribution is -2.31. The van der Waals surface area contributed by atoms with Crippen molar-refractivity contribution in [3.8, 4) is 0 Å². The molecule has 0 unspecified atom stereocenters. The van der Waals surface area contributed by atoms with Crippen LogP contribution in [0.4, 0.5) is 0 Å². The maximum absolute atomic E-state index is 12.2. The maximum atomic E-state index is 12.2. The number of H-pyrrole nitrogens is 1. The SMILES string of the molecule is CC1CCC(CNC(=O)c2n[nH]c3ccccc23)CC1. The van der Waals surface area contributed by atoms with Crippen molar-refractivity contribution in [2.24, 2.45) is 11.8 Å². The van der Waals surface area contributed by atoms with Crippen LogP contribution in [0.1, 0.15) is 43.1 Å². The average molecular weight is 271 g/mol. The van der Waals surface area contributed by atoms with Gasteiger partial charge in [0.1, 0.15) is 0 Å². The van der Waals surface area contributed by atoms with Gasteiger partial charge in [-0.15, -0.1) is 0 Å². The Hall–Kier alpha value is -1.84. The number of aromatic nitrogens is 2. The molecule has 2 N–H and O–H groups in total. The molecule has 1 aromatic carbocycles. The van der Waals surface area contributed by atoms with Crippen LogP contribution in [0.3, 0.4) is 0 Å². The number of hydrogen-bond acceptors (Lipinski definition) is 2. The highest BCUT2D eigenvalue weighted by atomic mass is 16.1. The van der Waals surface area contributed by atoms with E-state index in [-0.39, 0.29) is 5.91 Å². The van der Waals surface area contributed by atoms with Crippen molar-refractivity contribution < 1.29 is 4.79 Å². The number of nitrogens with zero attached hydrogens (tertiary/aromatic N) is 1. The second-order valence-electron chi connectivity index (χ2n) is 5.95. The van der Waals surface area contributed by atoms with E-state index in [4.69, 9.17) is 0 Å². The first-order valence-corrected chi connectivity index (χ1v) is 7.45. The third-order valence-corrected chi connectivity index (χ3v) is 4.37. The zero-order valence-electron chi connectivity index (χ0n) is 11.9. The lowest BCUT2D eigenvalue weighted by molar-refractivity contribution is 0.0938. The van der Waals surface area contributed by atoms with E-state index in [1.165, 1.54) is 25.7 Å². The third-order valence-electron chi connectivity index (χ3n) is 4.37. The Morgan fingerprint density at radius 2 is 2.05 bits per heavy atom. The monoisotopic (exact) mass is 271 g/mol. The fraction of sp³-hybridized carbons (Fsp3) is 0.500. The molecule has 4 nitrogen and oxygen atoms in total. The number of para-hydroxylation sites is 1. The van der Waals surface area contributed by atoms with E-state index in [0.29, 0.717) is 11.6 Å². The minimum atomic E-state index is -0.0685. The molecule has 1 aliphatic carbocycles. The molecule has 1 amide bonds. The summed E-state index contributed by atoms with van der Waals surface area (Å²) in [6.07, 6.45) is 5.02. The molecule has 0 spiro atoms. The highest BCUT2D eigenvalue weighted by Gasteiger charge is 2.20. The van der Waals surface area contributed by atoms with E-state index >= 15 is 0 Å². The van der Waals surface area contributed by atoms with Crippen LogP contribution in [0.15, 0.2) is 24.3 Å². The van der Waals surface area contributed by atoms with Crippen molar-refractivity contribution in [1.29, 1.82) is 0 Å². The minimum Gasteiger partial charge on any atom is -0.350 e. The van der Waals surface area contributed by atoms with E-state index in [0.717, 1.165) is 23.4 Å². The summed E-state index contributed by atoms with van der Waals surface area (Å²) in [5.74, 6) is 1.40. The van der Waals surface area contributed by atoms with E-state index in [9.17, 15) is 4.79 Å². The molecule has 1 saturated carbocycles. The van der Waals surface area contributed by atoms with Gasteiger partial charge in [-0.25, -0.2) is 0 Å². The smallest absolute Gasteiger partial charge is 0.272 e. The number of carbonyl (C=O) groups is 1. The van der Waals surface area contributed by atoms with Gasteiger partial charge in [-0.2, -0.15) is 5.10 Å². The van der Waals surface area contributed by atoms with Crippen molar-refractivity contribution in [3.63, 3.8) is 0 Å². The van der Waals surface area contributed by atoms with Crippen LogP contribution in [0.25, 0.3) is 10.9 Å². The Kier molecular flexibility index (Phi) is 3.72. The van der Waals surface area contributed by atoms with Crippen LogP contribution in [-0.4, -0.2) is 22.6 Å². The standard InChI is InChI=1S/C16H21N3O/c1-11-6-8-12(9-7-11)10-17-16(20)15-13-4-2-3-5-14(13)18-19-15/h2-5,11-12H,6-10H2,1H3,(H,17,20)(H,18,19). The molecule has 1 aromatic heterocycles. The van der Waals surface area contributed by atoms with Crippen LogP contribution in [0.5, 0.6) is 0 Å². The predicted octanol–water partition coefficient (Wildman–Crippen LogP) is 3.12. The molecule has 0 saturated heterocycles. The Morgan fingerprint density at radius 1 is 1.30 bits per heavy atom. The molecule has 0 atom stereocenters. The van der Waals surface area contributed by atoms with E-state index in [1.54, 1.807) is 0 Å². The molecular weight excluding hydrogens is 250 g/mol. The fourth-order valence-electron chi connectivity index (χ4n) is 2.99. The van der Waals surface area contributed by atoms with Crippen molar-refractivity contribution >= 4 is 16.8 Å². The van der Waals surface area contributed by atoms with E-state index in [2.05, 4.69) is 22.4 Å². The third kappa shape index (κ3) is 2.69. The summed E-state index contributed by atoms with van der Waals surface area (Å²) in [6.45, 7) is 3.08. The number of aromatic amines is 1. The van der Waals surface area contributed by atoms with Crippen molar-refractivity contribution in [2.45, 2.75) is 32.6 Å². The molecule has 20 heavy (non-hydrogen) atoms. The van der Waals surface area contributed by atoms with Crippen LogP contribution in [0, 0.1) is 11.8 Å². The zero-order valence-corrected chi connectivity index (χ0v) is 11.9. The summed E-state index contributed by atoms with van der Waals surface area (Å²) in [6, 6.07) is 7.72. The normalized spacial score (nSPS) is 22.9. The second kappa shape index (κ2) is 5.65. The van der Waals surface area contributed by atoms with E-state index in [1.807, 2.05) is 24.3 Å².